The number of methoxy groups -OCH3 is 1. The van der Waals surface area contributed by atoms with Crippen LogP contribution in [0.5, 0.6) is 0 Å². The molecule has 1 saturated carbocycles. The molecule has 1 amide bonds. The second kappa shape index (κ2) is 8.49. The fraction of sp³-hybridized carbons (Fsp3) is 0.619. The Bertz CT molecular complexity index is 843. The molecule has 1 aliphatic carbocycles. The lowest BCUT2D eigenvalue weighted by Gasteiger charge is -2.32. The zero-order chi connectivity index (χ0) is 20.4. The molecule has 8 heteroatoms. The highest BCUT2D eigenvalue weighted by Gasteiger charge is 2.37. The number of ether oxygens (including phenoxy) is 1. The highest BCUT2D eigenvalue weighted by Crippen LogP contribution is 2.38. The van der Waals surface area contributed by atoms with Gasteiger partial charge >= 0.3 is 0 Å². The normalized spacial score (nSPS) is 24.7. The monoisotopic (exact) mass is 398 g/mol. The summed E-state index contributed by atoms with van der Waals surface area (Å²) in [7, 11) is 5.61. The number of carbonyl (C=O) groups excluding carboxylic acids is 1. The summed E-state index contributed by atoms with van der Waals surface area (Å²) in [5, 5.41) is 7.45. The van der Waals surface area contributed by atoms with E-state index in [0.29, 0.717) is 12.1 Å². The van der Waals surface area contributed by atoms with E-state index < -0.39 is 0 Å². The van der Waals surface area contributed by atoms with Crippen molar-refractivity contribution in [3.05, 3.63) is 24.2 Å². The summed E-state index contributed by atoms with van der Waals surface area (Å²) < 4.78 is 5.46. The Kier molecular flexibility index (Phi) is 5.80. The highest BCUT2D eigenvalue weighted by atomic mass is 16.5. The van der Waals surface area contributed by atoms with Crippen LogP contribution in [0, 0.1) is 5.92 Å². The number of carbonyl (C=O) groups is 1. The first-order chi connectivity index (χ1) is 14.1. The van der Waals surface area contributed by atoms with Gasteiger partial charge in [0, 0.05) is 45.4 Å². The van der Waals surface area contributed by atoms with Gasteiger partial charge in [-0.05, 0) is 44.6 Å². The standard InChI is InChI=1S/C21H30N6O2/c1-26(2)21-22-11-10-17(24-21)16-13-23-25-19(16)18-5-4-12-27(18)20(28)14-6-8-15(29-3)9-7-14/h10-11,13-15,18H,4-9,12H2,1-3H3,(H,23,25). The van der Waals surface area contributed by atoms with Crippen LogP contribution in [-0.4, -0.2) is 64.8 Å². The van der Waals surface area contributed by atoms with E-state index in [1.54, 1.807) is 13.3 Å². The van der Waals surface area contributed by atoms with Crippen molar-refractivity contribution < 1.29 is 9.53 Å². The van der Waals surface area contributed by atoms with Crippen molar-refractivity contribution in [1.82, 2.24) is 25.1 Å². The minimum atomic E-state index is 0.0259. The van der Waals surface area contributed by atoms with Crippen LogP contribution in [0.25, 0.3) is 11.3 Å². The van der Waals surface area contributed by atoms with Crippen LogP contribution in [0.15, 0.2) is 18.5 Å². The van der Waals surface area contributed by atoms with Crippen LogP contribution < -0.4 is 4.90 Å². The van der Waals surface area contributed by atoms with E-state index in [1.807, 2.05) is 31.3 Å². The van der Waals surface area contributed by atoms with Crippen LogP contribution in [0.3, 0.4) is 0 Å². The Hall–Kier alpha value is -2.48. The van der Waals surface area contributed by atoms with Gasteiger partial charge in [0.1, 0.15) is 0 Å². The molecule has 0 aromatic carbocycles. The van der Waals surface area contributed by atoms with E-state index in [0.717, 1.165) is 62.0 Å². The molecule has 1 atom stereocenters. The smallest absolute Gasteiger partial charge is 0.226 e. The molecular weight excluding hydrogens is 368 g/mol. The average Bonchev–Trinajstić information content (AvgIpc) is 3.42. The molecule has 1 N–H and O–H groups in total. The number of amides is 1. The fourth-order valence-corrected chi connectivity index (χ4v) is 4.58. The zero-order valence-corrected chi connectivity index (χ0v) is 17.5. The van der Waals surface area contributed by atoms with E-state index in [-0.39, 0.29) is 17.9 Å². The molecule has 156 valence electrons. The summed E-state index contributed by atoms with van der Waals surface area (Å²) in [5.74, 6) is 1.04. The molecule has 1 unspecified atom stereocenters. The van der Waals surface area contributed by atoms with Gasteiger partial charge in [-0.1, -0.05) is 0 Å². The second-order valence-electron chi connectivity index (χ2n) is 8.23. The minimum Gasteiger partial charge on any atom is -0.381 e. The number of anilines is 1. The number of hydrogen-bond donors (Lipinski definition) is 1. The Morgan fingerprint density at radius 3 is 2.76 bits per heavy atom. The Balaban J connectivity index is 1.55. The molecule has 3 heterocycles. The largest absolute Gasteiger partial charge is 0.381 e. The summed E-state index contributed by atoms with van der Waals surface area (Å²) >= 11 is 0. The molecule has 2 aliphatic rings. The minimum absolute atomic E-state index is 0.0259. The van der Waals surface area contributed by atoms with E-state index in [4.69, 9.17) is 4.74 Å². The predicted octanol–water partition coefficient (Wildman–Crippen LogP) is 2.80. The van der Waals surface area contributed by atoms with Gasteiger partial charge in [-0.3, -0.25) is 9.89 Å². The van der Waals surface area contributed by atoms with Gasteiger partial charge in [-0.2, -0.15) is 5.10 Å². The van der Waals surface area contributed by atoms with Gasteiger partial charge in [-0.15, -0.1) is 0 Å². The van der Waals surface area contributed by atoms with Crippen molar-refractivity contribution in [2.24, 2.45) is 5.92 Å². The third-order valence-electron chi connectivity index (χ3n) is 6.21. The molecule has 29 heavy (non-hydrogen) atoms. The molecule has 1 saturated heterocycles. The third kappa shape index (κ3) is 3.99. The van der Waals surface area contributed by atoms with Gasteiger partial charge in [0.05, 0.1) is 29.7 Å². The van der Waals surface area contributed by atoms with Crippen LogP contribution in [0.4, 0.5) is 5.95 Å². The molecule has 2 aromatic rings. The maximum absolute atomic E-state index is 13.3. The number of rotatable bonds is 5. The number of H-pyrrole nitrogens is 1. The molecule has 0 bridgehead atoms. The number of hydrogen-bond acceptors (Lipinski definition) is 6. The molecule has 4 rings (SSSR count). The Morgan fingerprint density at radius 1 is 1.24 bits per heavy atom. The molecule has 1 aliphatic heterocycles. The summed E-state index contributed by atoms with van der Waals surface area (Å²) in [6.45, 7) is 0.804. The highest BCUT2D eigenvalue weighted by molar-refractivity contribution is 5.80. The SMILES string of the molecule is COC1CCC(C(=O)N2CCCC2c2[nH]ncc2-c2ccnc(N(C)C)n2)CC1. The van der Waals surface area contributed by atoms with E-state index >= 15 is 0 Å². The quantitative estimate of drug-likeness (QED) is 0.833. The summed E-state index contributed by atoms with van der Waals surface area (Å²) in [6, 6.07) is 1.92. The van der Waals surface area contributed by atoms with Gasteiger partial charge in [0.25, 0.3) is 0 Å². The third-order valence-corrected chi connectivity index (χ3v) is 6.21. The van der Waals surface area contributed by atoms with Gasteiger partial charge in [0.2, 0.25) is 11.9 Å². The first-order valence-corrected chi connectivity index (χ1v) is 10.5. The van der Waals surface area contributed by atoms with Gasteiger partial charge in [-0.25, -0.2) is 9.97 Å². The zero-order valence-electron chi connectivity index (χ0n) is 17.5. The van der Waals surface area contributed by atoms with Crippen molar-refractivity contribution in [3.8, 4) is 11.3 Å². The molecule has 2 aromatic heterocycles. The number of aromatic amines is 1. The molecule has 0 radical (unpaired) electrons. The van der Waals surface area contributed by atoms with Gasteiger partial charge < -0.3 is 14.5 Å². The number of nitrogens with zero attached hydrogens (tertiary/aromatic N) is 5. The summed E-state index contributed by atoms with van der Waals surface area (Å²) in [4.78, 5) is 26.2. The lowest BCUT2D eigenvalue weighted by molar-refractivity contribution is -0.138. The summed E-state index contributed by atoms with van der Waals surface area (Å²) in [5.41, 5.74) is 2.75. The van der Waals surface area contributed by atoms with Crippen LogP contribution in [0.2, 0.25) is 0 Å². The second-order valence-corrected chi connectivity index (χ2v) is 8.23. The van der Waals surface area contributed by atoms with Crippen LogP contribution in [0.1, 0.15) is 50.3 Å². The topological polar surface area (TPSA) is 87.2 Å². The lowest BCUT2D eigenvalue weighted by Crippen LogP contribution is -2.38. The van der Waals surface area contributed by atoms with Crippen molar-refractivity contribution >= 4 is 11.9 Å². The number of likely N-dealkylation sites (tertiary alicyclic amines) is 1. The average molecular weight is 399 g/mol. The van der Waals surface area contributed by atoms with Crippen LogP contribution >= 0.6 is 0 Å². The number of nitrogens with one attached hydrogen (secondary N) is 1. The number of aromatic nitrogens is 4. The molecule has 8 nitrogen and oxygen atoms in total. The lowest BCUT2D eigenvalue weighted by atomic mass is 9.86. The summed E-state index contributed by atoms with van der Waals surface area (Å²) in [6.07, 6.45) is 9.58. The Morgan fingerprint density at radius 2 is 2.03 bits per heavy atom. The molecule has 2 fully saturated rings. The van der Waals surface area contributed by atoms with Gasteiger partial charge in [0.15, 0.2) is 0 Å². The first-order valence-electron chi connectivity index (χ1n) is 10.5. The van der Waals surface area contributed by atoms with E-state index in [1.165, 1.54) is 0 Å². The Labute approximate surface area is 171 Å². The van der Waals surface area contributed by atoms with Crippen molar-refractivity contribution in [2.45, 2.75) is 50.7 Å². The molecule has 0 spiro atoms. The fourth-order valence-electron chi connectivity index (χ4n) is 4.58. The van der Waals surface area contributed by atoms with Crippen LogP contribution in [-0.2, 0) is 9.53 Å². The molecular formula is C21H30N6O2. The van der Waals surface area contributed by atoms with Crippen molar-refractivity contribution in [3.63, 3.8) is 0 Å². The van der Waals surface area contributed by atoms with E-state index in [9.17, 15) is 4.79 Å². The van der Waals surface area contributed by atoms with Crippen molar-refractivity contribution in [1.29, 1.82) is 0 Å². The maximum Gasteiger partial charge on any atom is 0.226 e. The van der Waals surface area contributed by atoms with E-state index in [2.05, 4.69) is 25.1 Å². The van der Waals surface area contributed by atoms with Crippen molar-refractivity contribution in [2.75, 3.05) is 32.6 Å². The first kappa shape index (κ1) is 19.8. The maximum atomic E-state index is 13.3. The predicted molar refractivity (Wildman–Crippen MR) is 110 cm³/mol.